The molecule has 1 rings (SSSR count). The fraction of sp³-hybridized carbons (Fsp3) is 0.750. The van der Waals surface area contributed by atoms with Crippen LogP contribution in [0.4, 0.5) is 8.78 Å². The van der Waals surface area contributed by atoms with E-state index in [1.54, 1.807) is 0 Å². The SMILES string of the molecule is FC(F)(Br)C=C1CCCCC1. The molecule has 0 unspecified atom stereocenters. The lowest BCUT2D eigenvalue weighted by atomic mass is 9.95. The lowest BCUT2D eigenvalue weighted by Crippen LogP contribution is -2.03. The van der Waals surface area contributed by atoms with Crippen LogP contribution in [0, 0.1) is 0 Å². The summed E-state index contributed by atoms with van der Waals surface area (Å²) in [6.45, 7) is 0. The van der Waals surface area contributed by atoms with Crippen LogP contribution in [0.5, 0.6) is 0 Å². The predicted molar refractivity (Wildman–Crippen MR) is 45.0 cm³/mol. The Morgan fingerprint density at radius 1 is 1.18 bits per heavy atom. The molecule has 0 aromatic rings. The van der Waals surface area contributed by atoms with Gasteiger partial charge in [0.05, 0.1) is 0 Å². The van der Waals surface area contributed by atoms with E-state index in [4.69, 9.17) is 0 Å². The van der Waals surface area contributed by atoms with Crippen molar-refractivity contribution in [1.29, 1.82) is 0 Å². The number of hydrogen-bond acceptors (Lipinski definition) is 0. The fourth-order valence-corrected chi connectivity index (χ4v) is 1.71. The first-order chi connectivity index (χ1) is 5.08. The van der Waals surface area contributed by atoms with Gasteiger partial charge in [0.25, 0.3) is 0 Å². The van der Waals surface area contributed by atoms with E-state index >= 15 is 0 Å². The second-order valence-electron chi connectivity index (χ2n) is 2.90. The van der Waals surface area contributed by atoms with Gasteiger partial charge < -0.3 is 0 Å². The lowest BCUT2D eigenvalue weighted by molar-refractivity contribution is 0.169. The third-order valence-electron chi connectivity index (χ3n) is 1.86. The van der Waals surface area contributed by atoms with Crippen molar-refractivity contribution < 1.29 is 8.78 Å². The first-order valence-corrected chi connectivity index (χ1v) is 4.64. The Hall–Kier alpha value is 0.0800. The van der Waals surface area contributed by atoms with Crippen LogP contribution in [0.25, 0.3) is 0 Å². The summed E-state index contributed by atoms with van der Waals surface area (Å²) in [7, 11) is 0. The van der Waals surface area contributed by atoms with Crippen molar-refractivity contribution >= 4 is 15.9 Å². The van der Waals surface area contributed by atoms with Crippen molar-refractivity contribution in [3.63, 3.8) is 0 Å². The Labute approximate surface area is 73.8 Å². The van der Waals surface area contributed by atoms with Crippen LogP contribution in [-0.4, -0.2) is 4.83 Å². The van der Waals surface area contributed by atoms with Crippen molar-refractivity contribution in [2.45, 2.75) is 36.9 Å². The first-order valence-electron chi connectivity index (χ1n) is 3.85. The Balaban J connectivity index is 2.50. The number of allylic oxidation sites excluding steroid dienone is 2. The van der Waals surface area contributed by atoms with Crippen LogP contribution in [0.3, 0.4) is 0 Å². The molecular formula is C8H11BrF2. The van der Waals surface area contributed by atoms with Crippen LogP contribution >= 0.6 is 15.9 Å². The number of alkyl halides is 3. The number of hydrogen-bond donors (Lipinski definition) is 0. The van der Waals surface area contributed by atoms with E-state index < -0.39 is 4.83 Å². The molecule has 0 amide bonds. The van der Waals surface area contributed by atoms with Gasteiger partial charge in [-0.05, 0) is 47.7 Å². The molecule has 1 fully saturated rings. The molecule has 0 spiro atoms. The van der Waals surface area contributed by atoms with E-state index in [0.717, 1.165) is 37.3 Å². The summed E-state index contributed by atoms with van der Waals surface area (Å²) in [5, 5.41) is 0. The first kappa shape index (κ1) is 9.17. The highest BCUT2D eigenvalue weighted by Gasteiger charge is 2.21. The molecule has 0 radical (unpaired) electrons. The molecular weight excluding hydrogens is 214 g/mol. The highest BCUT2D eigenvalue weighted by molar-refractivity contribution is 9.10. The van der Waals surface area contributed by atoms with Gasteiger partial charge in [-0.25, -0.2) is 0 Å². The molecule has 0 nitrogen and oxygen atoms in total. The summed E-state index contributed by atoms with van der Waals surface area (Å²) in [4.78, 5) is -2.79. The van der Waals surface area contributed by atoms with Crippen LogP contribution in [-0.2, 0) is 0 Å². The van der Waals surface area contributed by atoms with Crippen molar-refractivity contribution in [3.05, 3.63) is 11.6 Å². The standard InChI is InChI=1S/C8H11BrF2/c9-8(10,11)6-7-4-2-1-3-5-7/h6H,1-5H2. The normalized spacial score (nSPS) is 20.1. The zero-order valence-corrected chi connectivity index (χ0v) is 7.83. The summed E-state index contributed by atoms with van der Waals surface area (Å²) in [5.74, 6) is 0. The zero-order chi connectivity index (χ0) is 8.32. The summed E-state index contributed by atoms with van der Waals surface area (Å²) in [5.41, 5.74) is 0.901. The van der Waals surface area contributed by atoms with Crippen molar-refractivity contribution in [2.75, 3.05) is 0 Å². The molecule has 0 heterocycles. The van der Waals surface area contributed by atoms with Gasteiger partial charge in [0.2, 0.25) is 0 Å². The molecule has 3 heteroatoms. The molecule has 0 saturated heterocycles. The Kier molecular flexibility index (Phi) is 3.05. The maximum atomic E-state index is 12.3. The van der Waals surface area contributed by atoms with Gasteiger partial charge >= 0.3 is 4.83 Å². The van der Waals surface area contributed by atoms with E-state index in [0.29, 0.717) is 0 Å². The van der Waals surface area contributed by atoms with Gasteiger partial charge in [-0.2, -0.15) is 8.78 Å². The van der Waals surface area contributed by atoms with E-state index in [-0.39, 0.29) is 0 Å². The summed E-state index contributed by atoms with van der Waals surface area (Å²) in [6, 6.07) is 0. The average molecular weight is 225 g/mol. The molecule has 0 aliphatic heterocycles. The smallest absolute Gasteiger partial charge is 0.189 e. The van der Waals surface area contributed by atoms with Crippen LogP contribution < -0.4 is 0 Å². The van der Waals surface area contributed by atoms with E-state index in [1.807, 2.05) is 0 Å². The molecule has 1 aliphatic carbocycles. The quantitative estimate of drug-likeness (QED) is 0.469. The van der Waals surface area contributed by atoms with Crippen molar-refractivity contribution in [1.82, 2.24) is 0 Å². The summed E-state index contributed by atoms with van der Waals surface area (Å²) in [6.07, 6.45) is 6.06. The van der Waals surface area contributed by atoms with E-state index in [2.05, 4.69) is 15.9 Å². The highest BCUT2D eigenvalue weighted by Crippen LogP contribution is 2.30. The maximum absolute atomic E-state index is 12.3. The molecule has 0 aromatic carbocycles. The van der Waals surface area contributed by atoms with E-state index in [1.165, 1.54) is 6.42 Å². The minimum absolute atomic E-state index is 0.848. The maximum Gasteiger partial charge on any atom is 0.320 e. The molecule has 64 valence electrons. The van der Waals surface area contributed by atoms with Gasteiger partial charge in [-0.1, -0.05) is 12.0 Å². The predicted octanol–water partition coefficient (Wildman–Crippen LogP) is 3.86. The Bertz CT molecular complexity index is 150. The molecule has 0 aromatic heterocycles. The largest absolute Gasteiger partial charge is 0.320 e. The van der Waals surface area contributed by atoms with Gasteiger partial charge in [-0.15, -0.1) is 0 Å². The minimum Gasteiger partial charge on any atom is -0.189 e. The molecule has 1 aliphatic rings. The monoisotopic (exact) mass is 224 g/mol. The zero-order valence-electron chi connectivity index (χ0n) is 6.25. The molecule has 1 saturated carbocycles. The number of rotatable bonds is 1. The summed E-state index contributed by atoms with van der Waals surface area (Å²) >= 11 is 2.30. The van der Waals surface area contributed by atoms with Crippen LogP contribution in [0.15, 0.2) is 11.6 Å². The highest BCUT2D eigenvalue weighted by atomic mass is 79.9. The van der Waals surface area contributed by atoms with Gasteiger partial charge in [0.15, 0.2) is 0 Å². The molecule has 11 heavy (non-hydrogen) atoms. The number of halogens is 3. The van der Waals surface area contributed by atoms with Gasteiger partial charge in [-0.3, -0.25) is 0 Å². The molecule has 0 N–H and O–H groups in total. The molecule has 0 bridgehead atoms. The second-order valence-corrected chi connectivity index (χ2v) is 3.96. The minimum atomic E-state index is -2.79. The summed E-state index contributed by atoms with van der Waals surface area (Å²) < 4.78 is 24.7. The van der Waals surface area contributed by atoms with Crippen LogP contribution in [0.2, 0.25) is 0 Å². The Morgan fingerprint density at radius 2 is 1.73 bits per heavy atom. The topological polar surface area (TPSA) is 0 Å². The van der Waals surface area contributed by atoms with Crippen molar-refractivity contribution in [2.24, 2.45) is 0 Å². The third-order valence-corrected chi connectivity index (χ3v) is 2.09. The third kappa shape index (κ3) is 3.85. The average Bonchev–Trinajstić information content (AvgIpc) is 1.85. The van der Waals surface area contributed by atoms with Gasteiger partial charge in [0, 0.05) is 0 Å². The van der Waals surface area contributed by atoms with Crippen LogP contribution in [0.1, 0.15) is 32.1 Å². The van der Waals surface area contributed by atoms with E-state index in [9.17, 15) is 8.78 Å². The lowest BCUT2D eigenvalue weighted by Gasteiger charge is -2.14. The Morgan fingerprint density at radius 3 is 2.18 bits per heavy atom. The fourth-order valence-electron chi connectivity index (χ4n) is 1.38. The second kappa shape index (κ2) is 3.65. The van der Waals surface area contributed by atoms with Gasteiger partial charge in [0.1, 0.15) is 0 Å². The van der Waals surface area contributed by atoms with Crippen molar-refractivity contribution in [3.8, 4) is 0 Å². The molecule has 0 atom stereocenters.